The Morgan fingerprint density at radius 3 is 2.45 bits per heavy atom. The van der Waals surface area contributed by atoms with Gasteiger partial charge in [0.2, 0.25) is 10.0 Å². The SMILES string of the molecule is Cc1cc(NC(=O)c2ccc(S(=O)(=O)N3CCCCC3C)cc2)n(-c2ccccc2)n1. The molecule has 1 N–H and O–H groups in total. The number of carbonyl (C=O) groups is 1. The summed E-state index contributed by atoms with van der Waals surface area (Å²) in [6.45, 7) is 4.33. The van der Waals surface area contributed by atoms with Crippen molar-refractivity contribution in [2.75, 3.05) is 11.9 Å². The Balaban J connectivity index is 1.54. The molecule has 31 heavy (non-hydrogen) atoms. The third-order valence-corrected chi connectivity index (χ3v) is 7.57. The Morgan fingerprint density at radius 1 is 1.06 bits per heavy atom. The molecular formula is C23H26N4O3S. The zero-order valence-corrected chi connectivity index (χ0v) is 18.5. The van der Waals surface area contributed by atoms with Gasteiger partial charge in [-0.25, -0.2) is 13.1 Å². The number of rotatable bonds is 5. The van der Waals surface area contributed by atoms with Gasteiger partial charge in [-0.3, -0.25) is 4.79 Å². The monoisotopic (exact) mass is 438 g/mol. The highest BCUT2D eigenvalue weighted by Crippen LogP contribution is 2.25. The molecule has 1 unspecified atom stereocenters. The van der Waals surface area contributed by atoms with Crippen molar-refractivity contribution in [3.63, 3.8) is 0 Å². The van der Waals surface area contributed by atoms with Gasteiger partial charge in [0.25, 0.3) is 5.91 Å². The van der Waals surface area contributed by atoms with Crippen molar-refractivity contribution in [3.05, 3.63) is 71.9 Å². The van der Waals surface area contributed by atoms with E-state index >= 15 is 0 Å². The van der Waals surface area contributed by atoms with Crippen molar-refractivity contribution in [2.45, 2.75) is 44.0 Å². The number of piperidine rings is 1. The number of aromatic nitrogens is 2. The second-order valence-corrected chi connectivity index (χ2v) is 9.75. The van der Waals surface area contributed by atoms with Gasteiger partial charge >= 0.3 is 0 Å². The Bertz CT molecular complexity index is 1170. The van der Waals surface area contributed by atoms with Gasteiger partial charge in [0.1, 0.15) is 5.82 Å². The molecule has 0 spiro atoms. The predicted molar refractivity (Wildman–Crippen MR) is 120 cm³/mol. The van der Waals surface area contributed by atoms with Crippen LogP contribution in [0, 0.1) is 6.92 Å². The van der Waals surface area contributed by atoms with Gasteiger partial charge in [0, 0.05) is 24.2 Å². The van der Waals surface area contributed by atoms with E-state index in [0.717, 1.165) is 30.6 Å². The van der Waals surface area contributed by atoms with Crippen LogP contribution in [0.1, 0.15) is 42.2 Å². The van der Waals surface area contributed by atoms with Gasteiger partial charge in [-0.15, -0.1) is 0 Å². The van der Waals surface area contributed by atoms with E-state index in [4.69, 9.17) is 0 Å². The highest BCUT2D eigenvalue weighted by Gasteiger charge is 2.31. The number of para-hydroxylation sites is 1. The number of aryl methyl sites for hydroxylation is 1. The molecule has 1 saturated heterocycles. The molecule has 2 aromatic carbocycles. The molecule has 0 saturated carbocycles. The summed E-state index contributed by atoms with van der Waals surface area (Å²) in [6.07, 6.45) is 2.79. The van der Waals surface area contributed by atoms with Crippen LogP contribution in [0.3, 0.4) is 0 Å². The fourth-order valence-corrected chi connectivity index (χ4v) is 5.58. The van der Waals surface area contributed by atoms with E-state index in [1.54, 1.807) is 27.2 Å². The number of carbonyl (C=O) groups excluding carboxylic acids is 1. The highest BCUT2D eigenvalue weighted by atomic mass is 32.2. The molecular weight excluding hydrogens is 412 g/mol. The average Bonchev–Trinajstić information content (AvgIpc) is 3.14. The molecule has 1 atom stereocenters. The van der Waals surface area contributed by atoms with Crippen LogP contribution in [0.25, 0.3) is 5.69 Å². The number of hydrogen-bond acceptors (Lipinski definition) is 4. The molecule has 1 aliphatic rings. The summed E-state index contributed by atoms with van der Waals surface area (Å²) in [5, 5.41) is 7.33. The number of amides is 1. The van der Waals surface area contributed by atoms with Gasteiger partial charge in [0.05, 0.1) is 16.3 Å². The van der Waals surface area contributed by atoms with Crippen LogP contribution in [-0.4, -0.2) is 41.0 Å². The maximum Gasteiger partial charge on any atom is 0.256 e. The fraction of sp³-hybridized carbons (Fsp3) is 0.304. The maximum atomic E-state index is 13.0. The number of nitrogens with zero attached hydrogens (tertiary/aromatic N) is 3. The van der Waals surface area contributed by atoms with E-state index in [1.807, 2.05) is 44.2 Å². The Hall–Kier alpha value is -2.97. The van der Waals surface area contributed by atoms with Crippen LogP contribution in [0.2, 0.25) is 0 Å². The zero-order valence-electron chi connectivity index (χ0n) is 17.7. The van der Waals surface area contributed by atoms with Crippen LogP contribution >= 0.6 is 0 Å². The third kappa shape index (κ3) is 4.40. The molecule has 8 heteroatoms. The maximum absolute atomic E-state index is 13.0. The number of hydrogen-bond donors (Lipinski definition) is 1. The lowest BCUT2D eigenvalue weighted by Crippen LogP contribution is -2.41. The van der Waals surface area contributed by atoms with E-state index in [0.29, 0.717) is 17.9 Å². The Kier molecular flexibility index (Phi) is 5.93. The van der Waals surface area contributed by atoms with Crippen LogP contribution < -0.4 is 5.32 Å². The Morgan fingerprint density at radius 2 is 1.77 bits per heavy atom. The van der Waals surface area contributed by atoms with Crippen molar-refractivity contribution in [3.8, 4) is 5.69 Å². The highest BCUT2D eigenvalue weighted by molar-refractivity contribution is 7.89. The smallest absolute Gasteiger partial charge is 0.256 e. The molecule has 0 bridgehead atoms. The van der Waals surface area contributed by atoms with Gasteiger partial charge in [-0.1, -0.05) is 24.6 Å². The summed E-state index contributed by atoms with van der Waals surface area (Å²) in [7, 11) is -3.56. The standard InChI is InChI=1S/C23H26N4O3S/c1-17-16-22(27(25-17)20-9-4-3-5-10-20)24-23(28)19-11-13-21(14-12-19)31(29,30)26-15-7-6-8-18(26)2/h3-5,9-14,16,18H,6-8,15H2,1-2H3,(H,24,28). The second kappa shape index (κ2) is 8.64. The molecule has 4 rings (SSSR count). The van der Waals surface area contributed by atoms with E-state index in [-0.39, 0.29) is 16.8 Å². The van der Waals surface area contributed by atoms with Crippen molar-refractivity contribution < 1.29 is 13.2 Å². The average molecular weight is 439 g/mol. The summed E-state index contributed by atoms with van der Waals surface area (Å²) in [5.41, 5.74) is 1.99. The number of benzene rings is 2. The van der Waals surface area contributed by atoms with Crippen LogP contribution in [0.4, 0.5) is 5.82 Å². The number of anilines is 1. The molecule has 2 heterocycles. The summed E-state index contributed by atoms with van der Waals surface area (Å²) >= 11 is 0. The quantitative estimate of drug-likeness (QED) is 0.653. The molecule has 1 aliphatic heterocycles. The topological polar surface area (TPSA) is 84.3 Å². The first kappa shape index (κ1) is 21.3. The minimum absolute atomic E-state index is 0.0109. The summed E-state index contributed by atoms with van der Waals surface area (Å²) < 4.78 is 29.2. The summed E-state index contributed by atoms with van der Waals surface area (Å²) in [4.78, 5) is 13.0. The normalized spacial score (nSPS) is 17.4. The first-order valence-corrected chi connectivity index (χ1v) is 11.9. The molecule has 0 aliphatic carbocycles. The minimum atomic E-state index is -3.56. The molecule has 3 aromatic rings. The van der Waals surface area contributed by atoms with Crippen molar-refractivity contribution in [2.24, 2.45) is 0 Å². The van der Waals surface area contributed by atoms with Gasteiger partial charge in [-0.05, 0) is 63.1 Å². The van der Waals surface area contributed by atoms with E-state index in [1.165, 1.54) is 12.1 Å². The molecule has 1 amide bonds. The lowest BCUT2D eigenvalue weighted by molar-refractivity contribution is 0.102. The van der Waals surface area contributed by atoms with Crippen molar-refractivity contribution >= 4 is 21.7 Å². The second-order valence-electron chi connectivity index (χ2n) is 7.86. The zero-order chi connectivity index (χ0) is 22.0. The molecule has 7 nitrogen and oxygen atoms in total. The molecule has 1 fully saturated rings. The minimum Gasteiger partial charge on any atom is -0.306 e. The molecule has 162 valence electrons. The summed E-state index contributed by atoms with van der Waals surface area (Å²) in [6, 6.07) is 17.4. The van der Waals surface area contributed by atoms with Crippen LogP contribution in [0.15, 0.2) is 65.6 Å². The largest absolute Gasteiger partial charge is 0.306 e. The van der Waals surface area contributed by atoms with Crippen LogP contribution in [-0.2, 0) is 10.0 Å². The van der Waals surface area contributed by atoms with Crippen molar-refractivity contribution in [1.29, 1.82) is 0 Å². The van der Waals surface area contributed by atoms with Gasteiger partial charge in [0.15, 0.2) is 0 Å². The Labute approximate surface area is 182 Å². The van der Waals surface area contributed by atoms with Gasteiger partial charge < -0.3 is 5.32 Å². The molecule has 0 radical (unpaired) electrons. The lowest BCUT2D eigenvalue weighted by atomic mass is 10.1. The van der Waals surface area contributed by atoms with E-state index in [2.05, 4.69) is 10.4 Å². The third-order valence-electron chi connectivity index (χ3n) is 5.54. The van der Waals surface area contributed by atoms with Gasteiger partial charge in [-0.2, -0.15) is 9.40 Å². The van der Waals surface area contributed by atoms with Crippen molar-refractivity contribution in [1.82, 2.24) is 14.1 Å². The summed E-state index contributed by atoms with van der Waals surface area (Å²) in [5.74, 6) is 0.222. The first-order valence-electron chi connectivity index (χ1n) is 10.4. The van der Waals surface area contributed by atoms with E-state index in [9.17, 15) is 13.2 Å². The van der Waals surface area contributed by atoms with Crippen LogP contribution in [0.5, 0.6) is 0 Å². The lowest BCUT2D eigenvalue weighted by Gasteiger charge is -2.32. The first-order chi connectivity index (χ1) is 14.9. The number of nitrogens with one attached hydrogen (secondary N) is 1. The number of sulfonamides is 1. The van der Waals surface area contributed by atoms with E-state index < -0.39 is 10.0 Å². The fourth-order valence-electron chi connectivity index (χ4n) is 3.89. The predicted octanol–water partition coefficient (Wildman–Crippen LogP) is 4.00. The molecule has 1 aromatic heterocycles.